The van der Waals surface area contributed by atoms with E-state index in [0.29, 0.717) is 11.3 Å². The lowest BCUT2D eigenvalue weighted by Crippen LogP contribution is -1.97. The fourth-order valence-electron chi connectivity index (χ4n) is 1.04. The molecule has 1 aromatic heterocycles. The summed E-state index contributed by atoms with van der Waals surface area (Å²) < 4.78 is 22.9. The summed E-state index contributed by atoms with van der Waals surface area (Å²) in [5.74, 6) is 0.220. The molecule has 2 rings (SSSR count). The second-order valence-corrected chi connectivity index (χ2v) is 2.74. The van der Waals surface area contributed by atoms with Crippen LogP contribution in [0.15, 0.2) is 41.2 Å². The Morgan fingerprint density at radius 3 is 2.93 bits per heavy atom. The largest absolute Gasteiger partial charge is 0.484 e. The van der Waals surface area contributed by atoms with Crippen LogP contribution in [-0.2, 0) is 6.61 Å². The Labute approximate surface area is 80.1 Å². The molecule has 2 aromatic rings. The van der Waals surface area contributed by atoms with Gasteiger partial charge in [0.1, 0.15) is 18.6 Å². The molecule has 0 spiro atoms. The highest BCUT2D eigenvalue weighted by Crippen LogP contribution is 2.12. The number of hydrogen-bond donors (Lipinski definition) is 0. The molecule has 0 aliphatic carbocycles. The lowest BCUT2D eigenvalue weighted by Gasteiger charge is -2.03. The standard InChI is InChI=1S/C10H8FNO2/c11-10-4-2-1-3-8(10)6-13-9-5-12-14-7-9/h1-5,7H,6H2. The van der Waals surface area contributed by atoms with Crippen molar-refractivity contribution in [2.75, 3.05) is 0 Å². The van der Waals surface area contributed by atoms with Crippen LogP contribution in [0.3, 0.4) is 0 Å². The lowest BCUT2D eigenvalue weighted by molar-refractivity contribution is 0.295. The molecule has 0 aliphatic rings. The molecule has 14 heavy (non-hydrogen) atoms. The normalized spacial score (nSPS) is 10.1. The zero-order chi connectivity index (χ0) is 9.80. The van der Waals surface area contributed by atoms with E-state index in [1.54, 1.807) is 18.2 Å². The topological polar surface area (TPSA) is 35.3 Å². The number of ether oxygens (including phenoxy) is 1. The maximum Gasteiger partial charge on any atom is 0.179 e. The van der Waals surface area contributed by atoms with Crippen molar-refractivity contribution < 1.29 is 13.7 Å². The van der Waals surface area contributed by atoms with E-state index in [9.17, 15) is 4.39 Å². The Hall–Kier alpha value is -1.84. The number of halogens is 1. The van der Waals surface area contributed by atoms with E-state index >= 15 is 0 Å². The van der Waals surface area contributed by atoms with Gasteiger partial charge >= 0.3 is 0 Å². The molecule has 0 atom stereocenters. The highest BCUT2D eigenvalue weighted by Gasteiger charge is 2.02. The molecular weight excluding hydrogens is 185 g/mol. The van der Waals surface area contributed by atoms with Crippen molar-refractivity contribution in [2.24, 2.45) is 0 Å². The molecule has 0 unspecified atom stereocenters. The Morgan fingerprint density at radius 2 is 2.21 bits per heavy atom. The van der Waals surface area contributed by atoms with Crippen molar-refractivity contribution in [1.82, 2.24) is 5.16 Å². The summed E-state index contributed by atoms with van der Waals surface area (Å²) in [6.07, 6.45) is 2.79. The molecule has 0 radical (unpaired) electrons. The van der Waals surface area contributed by atoms with Gasteiger partial charge < -0.3 is 9.26 Å². The van der Waals surface area contributed by atoms with Crippen LogP contribution in [0.5, 0.6) is 5.75 Å². The summed E-state index contributed by atoms with van der Waals surface area (Å²) in [6.45, 7) is 0.174. The molecule has 72 valence electrons. The first-order chi connectivity index (χ1) is 6.86. The number of hydrogen-bond acceptors (Lipinski definition) is 3. The fraction of sp³-hybridized carbons (Fsp3) is 0.100. The van der Waals surface area contributed by atoms with Crippen LogP contribution in [0.1, 0.15) is 5.56 Å². The van der Waals surface area contributed by atoms with Gasteiger partial charge in [0, 0.05) is 5.56 Å². The molecule has 4 heteroatoms. The molecule has 0 fully saturated rings. The monoisotopic (exact) mass is 193 g/mol. The van der Waals surface area contributed by atoms with Gasteiger partial charge in [0.25, 0.3) is 0 Å². The van der Waals surface area contributed by atoms with E-state index in [4.69, 9.17) is 4.74 Å². The van der Waals surface area contributed by atoms with Gasteiger partial charge in [-0.15, -0.1) is 0 Å². The molecule has 0 N–H and O–H groups in total. The molecule has 1 heterocycles. The summed E-state index contributed by atoms with van der Waals surface area (Å²) in [5, 5.41) is 3.46. The summed E-state index contributed by atoms with van der Waals surface area (Å²) in [6, 6.07) is 6.46. The minimum atomic E-state index is -0.274. The molecule has 0 saturated heterocycles. The van der Waals surface area contributed by atoms with Crippen molar-refractivity contribution in [3.05, 3.63) is 48.1 Å². The third kappa shape index (κ3) is 1.90. The Morgan fingerprint density at radius 1 is 1.36 bits per heavy atom. The van der Waals surface area contributed by atoms with Gasteiger partial charge in [-0.1, -0.05) is 23.4 Å². The van der Waals surface area contributed by atoms with Gasteiger partial charge in [-0.3, -0.25) is 0 Å². The van der Waals surface area contributed by atoms with E-state index in [1.165, 1.54) is 18.5 Å². The Kier molecular flexibility index (Phi) is 2.44. The van der Waals surface area contributed by atoms with Crippen LogP contribution >= 0.6 is 0 Å². The predicted molar refractivity (Wildman–Crippen MR) is 47.2 cm³/mol. The number of benzene rings is 1. The van der Waals surface area contributed by atoms with Crippen LogP contribution in [0.4, 0.5) is 4.39 Å². The van der Waals surface area contributed by atoms with E-state index in [-0.39, 0.29) is 12.4 Å². The highest BCUT2D eigenvalue weighted by atomic mass is 19.1. The third-order valence-electron chi connectivity index (χ3n) is 1.76. The Bertz CT molecular complexity index is 400. The number of rotatable bonds is 3. The van der Waals surface area contributed by atoms with Gasteiger partial charge in [-0.25, -0.2) is 4.39 Å². The van der Waals surface area contributed by atoms with Gasteiger partial charge in [-0.05, 0) is 6.07 Å². The average molecular weight is 193 g/mol. The van der Waals surface area contributed by atoms with Crippen LogP contribution in [0.25, 0.3) is 0 Å². The molecule has 3 nitrogen and oxygen atoms in total. The van der Waals surface area contributed by atoms with Crippen molar-refractivity contribution >= 4 is 0 Å². The van der Waals surface area contributed by atoms with Crippen LogP contribution < -0.4 is 4.74 Å². The second-order valence-electron chi connectivity index (χ2n) is 2.74. The number of aromatic nitrogens is 1. The fourth-order valence-corrected chi connectivity index (χ4v) is 1.04. The molecule has 0 bridgehead atoms. The summed E-state index contributed by atoms with van der Waals surface area (Å²) in [4.78, 5) is 0. The van der Waals surface area contributed by atoms with Crippen molar-refractivity contribution in [3.8, 4) is 5.75 Å². The smallest absolute Gasteiger partial charge is 0.179 e. The van der Waals surface area contributed by atoms with E-state index in [2.05, 4.69) is 9.68 Å². The number of nitrogens with zero attached hydrogens (tertiary/aromatic N) is 1. The van der Waals surface area contributed by atoms with Crippen LogP contribution in [-0.4, -0.2) is 5.16 Å². The minimum Gasteiger partial charge on any atom is -0.484 e. The molecule has 0 saturated carbocycles. The summed E-state index contributed by atoms with van der Waals surface area (Å²) >= 11 is 0. The van der Waals surface area contributed by atoms with Crippen molar-refractivity contribution in [1.29, 1.82) is 0 Å². The molecular formula is C10H8FNO2. The molecule has 0 aliphatic heterocycles. The van der Waals surface area contributed by atoms with Gasteiger partial charge in [0.15, 0.2) is 12.0 Å². The first-order valence-corrected chi connectivity index (χ1v) is 4.12. The van der Waals surface area contributed by atoms with Crippen LogP contribution in [0.2, 0.25) is 0 Å². The van der Waals surface area contributed by atoms with Crippen molar-refractivity contribution in [3.63, 3.8) is 0 Å². The van der Waals surface area contributed by atoms with Gasteiger partial charge in [0.2, 0.25) is 0 Å². The van der Waals surface area contributed by atoms with Crippen molar-refractivity contribution in [2.45, 2.75) is 6.61 Å². The third-order valence-corrected chi connectivity index (χ3v) is 1.76. The van der Waals surface area contributed by atoms with E-state index in [1.807, 2.05) is 0 Å². The first-order valence-electron chi connectivity index (χ1n) is 4.12. The predicted octanol–water partition coefficient (Wildman–Crippen LogP) is 2.39. The summed E-state index contributed by atoms with van der Waals surface area (Å²) in [7, 11) is 0. The first kappa shape index (κ1) is 8.74. The zero-order valence-electron chi connectivity index (χ0n) is 7.31. The zero-order valence-corrected chi connectivity index (χ0v) is 7.31. The second kappa shape index (κ2) is 3.91. The SMILES string of the molecule is Fc1ccccc1COc1cnoc1. The van der Waals surface area contributed by atoms with Gasteiger partial charge in [0.05, 0.1) is 0 Å². The maximum atomic E-state index is 13.1. The average Bonchev–Trinajstić information content (AvgIpc) is 2.69. The van der Waals surface area contributed by atoms with E-state index < -0.39 is 0 Å². The quantitative estimate of drug-likeness (QED) is 0.750. The molecule has 1 aromatic carbocycles. The van der Waals surface area contributed by atoms with Gasteiger partial charge in [-0.2, -0.15) is 0 Å². The summed E-state index contributed by atoms with van der Waals surface area (Å²) in [5.41, 5.74) is 0.508. The maximum absolute atomic E-state index is 13.1. The van der Waals surface area contributed by atoms with Crippen LogP contribution in [0, 0.1) is 5.82 Å². The highest BCUT2D eigenvalue weighted by molar-refractivity contribution is 5.17. The Balaban J connectivity index is 2.02. The minimum absolute atomic E-state index is 0.174. The molecule has 0 amide bonds. The van der Waals surface area contributed by atoms with E-state index in [0.717, 1.165) is 0 Å². The lowest BCUT2D eigenvalue weighted by atomic mass is 10.2.